The van der Waals surface area contributed by atoms with Crippen LogP contribution >= 0.6 is 11.6 Å². The SMILES string of the molecule is CC1=C(C(=O)Nc2cccc(Cl)c2)C(c2ccc3c(c2)OCCCO3)n2nc(C)nc2N1. The summed E-state index contributed by atoms with van der Waals surface area (Å²) in [7, 11) is 0. The van der Waals surface area contributed by atoms with Gasteiger partial charge in [0.1, 0.15) is 11.9 Å². The molecule has 1 aromatic heterocycles. The lowest BCUT2D eigenvalue weighted by atomic mass is 9.94. The van der Waals surface area contributed by atoms with Gasteiger partial charge in [-0.1, -0.05) is 23.7 Å². The summed E-state index contributed by atoms with van der Waals surface area (Å²) >= 11 is 6.09. The maximum Gasteiger partial charge on any atom is 0.255 e. The first-order chi connectivity index (χ1) is 15.5. The lowest BCUT2D eigenvalue weighted by Crippen LogP contribution is -2.31. The van der Waals surface area contributed by atoms with Crippen molar-refractivity contribution in [2.75, 3.05) is 23.8 Å². The van der Waals surface area contributed by atoms with Gasteiger partial charge in [0.2, 0.25) is 5.95 Å². The van der Waals surface area contributed by atoms with Gasteiger partial charge in [-0.05, 0) is 49.7 Å². The van der Waals surface area contributed by atoms with Gasteiger partial charge in [0, 0.05) is 22.8 Å². The van der Waals surface area contributed by atoms with Gasteiger partial charge < -0.3 is 20.1 Å². The minimum Gasteiger partial charge on any atom is -0.490 e. The Hall–Kier alpha value is -3.52. The van der Waals surface area contributed by atoms with Gasteiger partial charge in [-0.15, -0.1) is 0 Å². The van der Waals surface area contributed by atoms with E-state index in [-0.39, 0.29) is 5.91 Å². The second-order valence-corrected chi connectivity index (χ2v) is 8.15. The minimum absolute atomic E-state index is 0.256. The van der Waals surface area contributed by atoms with Gasteiger partial charge in [-0.2, -0.15) is 10.1 Å². The van der Waals surface area contributed by atoms with E-state index in [1.54, 1.807) is 28.9 Å². The fraction of sp³-hybridized carbons (Fsp3) is 0.261. The quantitative estimate of drug-likeness (QED) is 0.616. The molecule has 3 heterocycles. The molecule has 0 spiro atoms. The molecule has 0 saturated heterocycles. The van der Waals surface area contributed by atoms with Crippen LogP contribution in [-0.4, -0.2) is 33.9 Å². The van der Waals surface area contributed by atoms with E-state index in [2.05, 4.69) is 20.7 Å². The molecule has 164 valence electrons. The first-order valence-corrected chi connectivity index (χ1v) is 10.7. The third-order valence-electron chi connectivity index (χ3n) is 5.37. The van der Waals surface area contributed by atoms with Crippen LogP contribution in [0.5, 0.6) is 11.5 Å². The molecule has 2 aliphatic heterocycles. The number of carbonyl (C=O) groups is 1. The summed E-state index contributed by atoms with van der Waals surface area (Å²) in [5.41, 5.74) is 2.68. The molecule has 32 heavy (non-hydrogen) atoms. The van der Waals surface area contributed by atoms with Crippen LogP contribution in [0.1, 0.15) is 30.8 Å². The van der Waals surface area contributed by atoms with E-state index in [1.165, 1.54) is 0 Å². The highest BCUT2D eigenvalue weighted by Gasteiger charge is 2.34. The average molecular weight is 452 g/mol. The highest BCUT2D eigenvalue weighted by Crippen LogP contribution is 2.39. The normalized spacial score (nSPS) is 17.3. The molecule has 0 aliphatic carbocycles. The third-order valence-corrected chi connectivity index (χ3v) is 5.61. The van der Waals surface area contributed by atoms with E-state index in [9.17, 15) is 4.79 Å². The molecule has 3 aromatic rings. The molecule has 0 saturated carbocycles. The predicted molar refractivity (Wildman–Crippen MR) is 121 cm³/mol. The van der Waals surface area contributed by atoms with Crippen LogP contribution in [0.25, 0.3) is 0 Å². The van der Waals surface area contributed by atoms with E-state index < -0.39 is 6.04 Å². The highest BCUT2D eigenvalue weighted by molar-refractivity contribution is 6.31. The summed E-state index contributed by atoms with van der Waals surface area (Å²) in [4.78, 5) is 17.9. The van der Waals surface area contributed by atoms with Gasteiger partial charge in [-0.3, -0.25) is 4.79 Å². The number of rotatable bonds is 3. The number of carbonyl (C=O) groups excluding carboxylic acids is 1. The van der Waals surface area contributed by atoms with E-state index in [0.717, 1.165) is 12.0 Å². The van der Waals surface area contributed by atoms with Crippen molar-refractivity contribution in [2.45, 2.75) is 26.3 Å². The maximum atomic E-state index is 13.5. The Kier molecular flexibility index (Phi) is 5.22. The number of anilines is 2. The number of aryl methyl sites for hydroxylation is 1. The van der Waals surface area contributed by atoms with Gasteiger partial charge in [-0.25, -0.2) is 4.68 Å². The number of fused-ring (bicyclic) bond motifs is 2. The summed E-state index contributed by atoms with van der Waals surface area (Å²) in [6, 6.07) is 12.3. The fourth-order valence-electron chi connectivity index (χ4n) is 3.97. The van der Waals surface area contributed by atoms with Crippen molar-refractivity contribution in [3.05, 3.63) is 70.1 Å². The molecular weight excluding hydrogens is 430 g/mol. The molecule has 1 unspecified atom stereocenters. The van der Waals surface area contributed by atoms with Gasteiger partial charge in [0.15, 0.2) is 11.5 Å². The summed E-state index contributed by atoms with van der Waals surface area (Å²) in [6.07, 6.45) is 0.816. The summed E-state index contributed by atoms with van der Waals surface area (Å²) in [5, 5.41) is 11.3. The van der Waals surface area contributed by atoms with Crippen molar-refractivity contribution < 1.29 is 14.3 Å². The summed E-state index contributed by atoms with van der Waals surface area (Å²) in [6.45, 7) is 4.86. The molecule has 1 amide bonds. The number of allylic oxidation sites excluding steroid dienone is 1. The van der Waals surface area contributed by atoms with Crippen LogP contribution in [-0.2, 0) is 4.79 Å². The van der Waals surface area contributed by atoms with Crippen LogP contribution < -0.4 is 20.1 Å². The Bertz CT molecular complexity index is 1240. The van der Waals surface area contributed by atoms with Gasteiger partial charge >= 0.3 is 0 Å². The molecule has 0 radical (unpaired) electrons. The van der Waals surface area contributed by atoms with E-state index in [0.29, 0.717) is 58.5 Å². The second kappa shape index (κ2) is 8.20. The fourth-order valence-corrected chi connectivity index (χ4v) is 4.17. The molecular formula is C23H22ClN5O3. The number of hydrogen-bond donors (Lipinski definition) is 2. The number of amides is 1. The standard InChI is InChI=1S/C23H22ClN5O3/c1-13-20(22(30)27-17-6-3-5-16(24)12-17)21(29-23(25-13)26-14(2)28-29)15-7-8-18-19(11-15)32-10-4-9-31-18/h3,5-8,11-12,21H,4,9-10H2,1-2H3,(H,27,30)(H,25,26,28). The molecule has 8 nitrogen and oxygen atoms in total. The van der Waals surface area contributed by atoms with Gasteiger partial charge in [0.05, 0.1) is 18.8 Å². The van der Waals surface area contributed by atoms with Crippen molar-refractivity contribution in [3.8, 4) is 11.5 Å². The molecule has 0 bridgehead atoms. The number of aromatic nitrogens is 3. The summed E-state index contributed by atoms with van der Waals surface area (Å²) in [5.74, 6) is 2.28. The molecule has 2 N–H and O–H groups in total. The number of nitrogens with zero attached hydrogens (tertiary/aromatic N) is 3. The molecule has 1 atom stereocenters. The lowest BCUT2D eigenvalue weighted by Gasteiger charge is -2.29. The van der Waals surface area contributed by atoms with Crippen LogP contribution in [0.4, 0.5) is 11.6 Å². The second-order valence-electron chi connectivity index (χ2n) is 7.71. The van der Waals surface area contributed by atoms with Crippen molar-refractivity contribution in [2.24, 2.45) is 0 Å². The van der Waals surface area contributed by atoms with Crippen LogP contribution in [0.15, 0.2) is 53.7 Å². The van der Waals surface area contributed by atoms with Gasteiger partial charge in [0.25, 0.3) is 5.91 Å². The topological polar surface area (TPSA) is 90.3 Å². The molecule has 0 fully saturated rings. The zero-order valence-corrected chi connectivity index (χ0v) is 18.4. The number of nitrogens with one attached hydrogen (secondary N) is 2. The zero-order chi connectivity index (χ0) is 22.2. The number of halogens is 1. The highest BCUT2D eigenvalue weighted by atomic mass is 35.5. The van der Waals surface area contributed by atoms with Crippen LogP contribution in [0.2, 0.25) is 5.02 Å². The monoisotopic (exact) mass is 451 g/mol. The van der Waals surface area contributed by atoms with Crippen molar-refractivity contribution in [1.82, 2.24) is 14.8 Å². The molecule has 9 heteroatoms. The number of benzene rings is 2. The van der Waals surface area contributed by atoms with Crippen LogP contribution in [0.3, 0.4) is 0 Å². The lowest BCUT2D eigenvalue weighted by molar-refractivity contribution is -0.113. The molecule has 2 aliphatic rings. The first-order valence-electron chi connectivity index (χ1n) is 10.4. The average Bonchev–Trinajstić information content (AvgIpc) is 2.97. The van der Waals surface area contributed by atoms with E-state index in [1.807, 2.05) is 32.0 Å². The van der Waals surface area contributed by atoms with E-state index in [4.69, 9.17) is 21.1 Å². The Morgan fingerprint density at radius 3 is 2.78 bits per heavy atom. The number of ether oxygens (including phenoxy) is 2. The van der Waals surface area contributed by atoms with E-state index >= 15 is 0 Å². The Labute approximate surface area is 190 Å². The van der Waals surface area contributed by atoms with Crippen LogP contribution in [0, 0.1) is 6.92 Å². The third kappa shape index (κ3) is 3.78. The smallest absolute Gasteiger partial charge is 0.255 e. The zero-order valence-electron chi connectivity index (χ0n) is 17.7. The first kappa shape index (κ1) is 20.4. The Morgan fingerprint density at radius 1 is 1.16 bits per heavy atom. The largest absolute Gasteiger partial charge is 0.490 e. The predicted octanol–water partition coefficient (Wildman–Crippen LogP) is 4.33. The minimum atomic E-state index is -0.496. The number of hydrogen-bond acceptors (Lipinski definition) is 6. The van der Waals surface area contributed by atoms with Crippen molar-refractivity contribution in [1.29, 1.82) is 0 Å². The Balaban J connectivity index is 1.58. The van der Waals surface area contributed by atoms with Crippen molar-refractivity contribution >= 4 is 29.1 Å². The molecule has 2 aromatic carbocycles. The molecule has 5 rings (SSSR count). The Morgan fingerprint density at radius 2 is 1.97 bits per heavy atom. The maximum absolute atomic E-state index is 13.5. The summed E-state index contributed by atoms with van der Waals surface area (Å²) < 4.78 is 13.4. The van der Waals surface area contributed by atoms with Crippen molar-refractivity contribution in [3.63, 3.8) is 0 Å².